The van der Waals surface area contributed by atoms with Gasteiger partial charge in [-0.2, -0.15) is 28.1 Å². The molecule has 1 atom stereocenters. The molecule has 32 heavy (non-hydrogen) atoms. The van der Waals surface area contributed by atoms with Gasteiger partial charge in [0, 0.05) is 29.9 Å². The molecule has 5 rings (SSSR count). The molecule has 0 aliphatic heterocycles. The van der Waals surface area contributed by atoms with E-state index in [0.717, 1.165) is 23.0 Å². The number of pyridine rings is 1. The SMILES string of the molecule is CC(C)c1cnn2c(N[C@H]3Cc4cncnc4CC3=O)nc(-c3cncc(F)c3)nc12.S. The number of nitrogens with one attached hydrogen (secondary N) is 1. The minimum absolute atomic E-state index is 0. The summed E-state index contributed by atoms with van der Waals surface area (Å²) in [6.07, 6.45) is 8.21. The number of hydrogen-bond donors (Lipinski definition) is 1. The second kappa shape index (κ2) is 8.58. The van der Waals surface area contributed by atoms with Crippen LogP contribution < -0.4 is 5.32 Å². The van der Waals surface area contributed by atoms with Gasteiger partial charge in [-0.1, -0.05) is 13.8 Å². The number of Topliss-reactive ketones (excluding diaryl/α,β-unsaturated/α-hetero) is 1. The Bertz CT molecular complexity index is 1310. The Balaban J connectivity index is 0.00000245. The smallest absolute Gasteiger partial charge is 0.228 e. The molecule has 4 aromatic rings. The summed E-state index contributed by atoms with van der Waals surface area (Å²) in [5.74, 6) is 0.348. The summed E-state index contributed by atoms with van der Waals surface area (Å²) in [5, 5.41) is 7.65. The molecule has 0 radical (unpaired) electrons. The molecule has 9 nitrogen and oxygen atoms in total. The molecule has 0 amide bonds. The topological polar surface area (TPSA) is 111 Å². The van der Waals surface area contributed by atoms with E-state index in [-0.39, 0.29) is 31.6 Å². The van der Waals surface area contributed by atoms with E-state index >= 15 is 0 Å². The molecule has 1 N–H and O–H groups in total. The molecule has 1 aliphatic rings. The van der Waals surface area contributed by atoms with Gasteiger partial charge in [-0.05, 0) is 17.5 Å². The van der Waals surface area contributed by atoms with Crippen LogP contribution in [0.2, 0.25) is 0 Å². The lowest BCUT2D eigenvalue weighted by molar-refractivity contribution is -0.119. The maximum Gasteiger partial charge on any atom is 0.228 e. The zero-order valence-electron chi connectivity index (χ0n) is 17.4. The average molecular weight is 453 g/mol. The van der Waals surface area contributed by atoms with Crippen LogP contribution in [0, 0.1) is 5.82 Å². The van der Waals surface area contributed by atoms with E-state index in [1.165, 1.54) is 18.6 Å². The normalized spacial score (nSPS) is 15.5. The van der Waals surface area contributed by atoms with Crippen molar-refractivity contribution in [3.63, 3.8) is 0 Å². The van der Waals surface area contributed by atoms with E-state index in [2.05, 4.69) is 35.3 Å². The average Bonchev–Trinajstić information content (AvgIpc) is 3.19. The van der Waals surface area contributed by atoms with Crippen molar-refractivity contribution in [1.82, 2.24) is 34.5 Å². The maximum atomic E-state index is 13.8. The minimum Gasteiger partial charge on any atom is -0.344 e. The summed E-state index contributed by atoms with van der Waals surface area (Å²) >= 11 is 0. The standard InChI is InChI=1S/C21H19FN8O.H2S/c1-11(2)15-9-26-30-20(15)28-19(13-3-14(22)8-23-7-13)29-21(30)27-17-4-12-6-24-10-25-16(12)5-18(17)31;/h3,6-11,17H,4-5H2,1-2H3,(H,27,28,29);1H2/t17-;/m0./s1. The first kappa shape index (κ1) is 21.8. The summed E-state index contributed by atoms with van der Waals surface area (Å²) in [6, 6.07) is 0.815. The van der Waals surface area contributed by atoms with Crippen LogP contribution in [0.4, 0.5) is 10.3 Å². The molecule has 11 heteroatoms. The Morgan fingerprint density at radius 1 is 1.16 bits per heavy atom. The number of anilines is 1. The van der Waals surface area contributed by atoms with Gasteiger partial charge in [-0.25, -0.2) is 19.3 Å². The van der Waals surface area contributed by atoms with Gasteiger partial charge in [0.25, 0.3) is 0 Å². The predicted octanol–water partition coefficient (Wildman–Crippen LogP) is 2.50. The molecule has 1 aliphatic carbocycles. The highest BCUT2D eigenvalue weighted by Crippen LogP contribution is 2.26. The Hall–Kier alpha value is -3.47. The van der Waals surface area contributed by atoms with Gasteiger partial charge in [0.1, 0.15) is 12.1 Å². The van der Waals surface area contributed by atoms with Gasteiger partial charge < -0.3 is 5.32 Å². The second-order valence-corrected chi connectivity index (χ2v) is 7.79. The Morgan fingerprint density at radius 2 is 2.00 bits per heavy atom. The van der Waals surface area contributed by atoms with Crippen molar-refractivity contribution >= 4 is 30.9 Å². The summed E-state index contributed by atoms with van der Waals surface area (Å²) in [4.78, 5) is 34.1. The van der Waals surface area contributed by atoms with Gasteiger partial charge >= 0.3 is 0 Å². The zero-order chi connectivity index (χ0) is 21.5. The lowest BCUT2D eigenvalue weighted by Crippen LogP contribution is -2.38. The Morgan fingerprint density at radius 3 is 2.78 bits per heavy atom. The van der Waals surface area contributed by atoms with Gasteiger partial charge in [0.15, 0.2) is 17.3 Å². The van der Waals surface area contributed by atoms with E-state index in [0.29, 0.717) is 29.4 Å². The monoisotopic (exact) mass is 452 g/mol. The summed E-state index contributed by atoms with van der Waals surface area (Å²) in [5.41, 5.74) is 3.63. The number of carbonyl (C=O) groups excluding carboxylic acids is 1. The molecule has 0 bridgehead atoms. The first-order chi connectivity index (χ1) is 15.0. The fourth-order valence-electron chi connectivity index (χ4n) is 3.68. The molecule has 0 saturated heterocycles. The van der Waals surface area contributed by atoms with Crippen LogP contribution in [-0.2, 0) is 17.6 Å². The highest BCUT2D eigenvalue weighted by atomic mass is 32.1. The molecule has 0 unspecified atom stereocenters. The largest absolute Gasteiger partial charge is 0.344 e. The van der Waals surface area contributed by atoms with Crippen LogP contribution in [-0.4, -0.2) is 46.4 Å². The van der Waals surface area contributed by atoms with Crippen LogP contribution in [0.5, 0.6) is 0 Å². The highest BCUT2D eigenvalue weighted by molar-refractivity contribution is 7.59. The molecule has 0 aromatic carbocycles. The number of hydrogen-bond acceptors (Lipinski definition) is 8. The summed E-state index contributed by atoms with van der Waals surface area (Å²) in [6.45, 7) is 4.08. The fraction of sp³-hybridized carbons (Fsp3) is 0.286. The number of rotatable bonds is 4. The molecule has 0 spiro atoms. The van der Waals surface area contributed by atoms with E-state index < -0.39 is 11.9 Å². The fourth-order valence-corrected chi connectivity index (χ4v) is 3.68. The zero-order valence-corrected chi connectivity index (χ0v) is 18.4. The molecular weight excluding hydrogens is 431 g/mol. The number of nitrogens with zero attached hydrogens (tertiary/aromatic N) is 7. The number of ketones is 1. The van der Waals surface area contributed by atoms with Crippen molar-refractivity contribution < 1.29 is 9.18 Å². The Kier molecular flexibility index (Phi) is 5.83. The van der Waals surface area contributed by atoms with Gasteiger partial charge in [0.2, 0.25) is 5.95 Å². The molecule has 4 aromatic heterocycles. The number of aromatic nitrogens is 7. The van der Waals surface area contributed by atoms with Crippen molar-refractivity contribution in [2.24, 2.45) is 0 Å². The van der Waals surface area contributed by atoms with E-state index in [9.17, 15) is 9.18 Å². The molecule has 0 saturated carbocycles. The van der Waals surface area contributed by atoms with Gasteiger partial charge in [0.05, 0.1) is 30.6 Å². The Labute approximate surface area is 190 Å². The molecular formula is C21H21FN8OS. The van der Waals surface area contributed by atoms with E-state index in [1.807, 2.05) is 13.8 Å². The van der Waals surface area contributed by atoms with Crippen LogP contribution in [0.15, 0.2) is 37.2 Å². The minimum atomic E-state index is -0.512. The predicted molar refractivity (Wildman–Crippen MR) is 120 cm³/mol. The maximum absolute atomic E-state index is 13.8. The third-order valence-electron chi connectivity index (χ3n) is 5.32. The quantitative estimate of drug-likeness (QED) is 0.503. The van der Waals surface area contributed by atoms with Crippen molar-refractivity contribution in [3.05, 3.63) is 59.8 Å². The van der Waals surface area contributed by atoms with Gasteiger partial charge in [-0.15, -0.1) is 0 Å². The van der Waals surface area contributed by atoms with Crippen molar-refractivity contribution in [2.75, 3.05) is 5.32 Å². The van der Waals surface area contributed by atoms with Crippen molar-refractivity contribution in [3.8, 4) is 11.4 Å². The molecule has 0 fully saturated rings. The summed E-state index contributed by atoms with van der Waals surface area (Å²) in [7, 11) is 0. The molecule has 164 valence electrons. The van der Waals surface area contributed by atoms with Crippen LogP contribution in [0.3, 0.4) is 0 Å². The van der Waals surface area contributed by atoms with Crippen LogP contribution >= 0.6 is 13.5 Å². The van der Waals surface area contributed by atoms with Gasteiger partial charge in [-0.3, -0.25) is 9.78 Å². The van der Waals surface area contributed by atoms with E-state index in [1.54, 1.807) is 16.9 Å². The van der Waals surface area contributed by atoms with Crippen molar-refractivity contribution in [1.29, 1.82) is 0 Å². The number of fused-ring (bicyclic) bond motifs is 2. The summed E-state index contributed by atoms with van der Waals surface area (Å²) < 4.78 is 15.4. The first-order valence-corrected chi connectivity index (χ1v) is 9.93. The third-order valence-corrected chi connectivity index (χ3v) is 5.32. The van der Waals surface area contributed by atoms with E-state index in [4.69, 9.17) is 0 Å². The lowest BCUT2D eigenvalue weighted by Gasteiger charge is -2.24. The molecule has 4 heterocycles. The lowest BCUT2D eigenvalue weighted by atomic mass is 9.92. The van der Waals surface area contributed by atoms with Crippen molar-refractivity contribution in [2.45, 2.75) is 38.6 Å². The van der Waals surface area contributed by atoms with Crippen LogP contribution in [0.25, 0.3) is 17.0 Å². The third kappa shape index (κ3) is 3.91. The highest BCUT2D eigenvalue weighted by Gasteiger charge is 2.29. The number of halogens is 1. The second-order valence-electron chi connectivity index (χ2n) is 7.79. The first-order valence-electron chi connectivity index (χ1n) is 9.93. The number of carbonyl (C=O) groups is 1. The van der Waals surface area contributed by atoms with Crippen LogP contribution in [0.1, 0.15) is 36.6 Å².